The predicted octanol–water partition coefficient (Wildman–Crippen LogP) is 0.611. The van der Waals surface area contributed by atoms with Gasteiger partial charge >= 0.3 is 0 Å². The molecule has 0 bridgehead atoms. The minimum absolute atomic E-state index is 0.227. The average molecular weight is 131 g/mol. The molecule has 2 atom stereocenters. The van der Waals surface area contributed by atoms with Gasteiger partial charge in [0.25, 0.3) is 0 Å². The van der Waals surface area contributed by atoms with Gasteiger partial charge in [-0.1, -0.05) is 13.8 Å². The van der Waals surface area contributed by atoms with E-state index >= 15 is 0 Å². The van der Waals surface area contributed by atoms with Crippen LogP contribution in [0.15, 0.2) is 0 Å². The topological polar surface area (TPSA) is 32.3 Å². The fourth-order valence-electron chi connectivity index (χ4n) is 1.13. The molecule has 0 radical (unpaired) electrons. The minimum atomic E-state index is -0.255. The number of hydrogen-bond donors (Lipinski definition) is 2. The first-order chi connectivity index (χ1) is 4.09. The molecule has 0 saturated carbocycles. The van der Waals surface area contributed by atoms with Gasteiger partial charge in [0.1, 0.15) is 0 Å². The molecule has 0 heterocycles. The van der Waals surface area contributed by atoms with Gasteiger partial charge in [-0.15, -0.1) is 0 Å². The molecule has 0 aliphatic heterocycles. The minimum Gasteiger partial charge on any atom is -0.392 e. The summed E-state index contributed by atoms with van der Waals surface area (Å²) in [4.78, 5) is 0. The van der Waals surface area contributed by atoms with Gasteiger partial charge in [0.05, 0.1) is 6.10 Å². The van der Waals surface area contributed by atoms with Crippen molar-refractivity contribution in [3.63, 3.8) is 0 Å². The van der Waals surface area contributed by atoms with E-state index in [2.05, 4.69) is 19.2 Å². The van der Waals surface area contributed by atoms with Gasteiger partial charge in [-0.25, -0.2) is 0 Å². The predicted molar refractivity (Wildman–Crippen MR) is 39.4 cm³/mol. The van der Waals surface area contributed by atoms with Crippen LogP contribution in [-0.2, 0) is 0 Å². The molecule has 56 valence electrons. The Balaban J connectivity index is 3.68. The van der Waals surface area contributed by atoms with Crippen LogP contribution >= 0.6 is 0 Å². The zero-order chi connectivity index (χ0) is 7.44. The van der Waals surface area contributed by atoms with E-state index < -0.39 is 0 Å². The van der Waals surface area contributed by atoms with Crippen LogP contribution in [0.5, 0.6) is 0 Å². The molecule has 2 N–H and O–H groups in total. The van der Waals surface area contributed by atoms with Gasteiger partial charge in [-0.05, 0) is 19.9 Å². The Bertz CT molecular complexity index is 63.3. The number of aliphatic hydroxyl groups is 1. The highest BCUT2D eigenvalue weighted by atomic mass is 16.3. The van der Waals surface area contributed by atoms with Crippen LogP contribution in [0, 0.1) is 5.92 Å². The highest BCUT2D eigenvalue weighted by Gasteiger charge is 2.15. The Labute approximate surface area is 57.3 Å². The smallest absolute Gasteiger partial charge is 0.0667 e. The maximum absolute atomic E-state index is 9.12. The second-order valence-corrected chi connectivity index (χ2v) is 2.80. The first-order valence-corrected chi connectivity index (χ1v) is 3.45. The molecule has 2 unspecified atom stereocenters. The lowest BCUT2D eigenvalue weighted by molar-refractivity contribution is 0.126. The second-order valence-electron chi connectivity index (χ2n) is 2.80. The van der Waals surface area contributed by atoms with Gasteiger partial charge in [-0.2, -0.15) is 0 Å². The van der Waals surface area contributed by atoms with E-state index in [1.807, 2.05) is 7.05 Å². The first-order valence-electron chi connectivity index (χ1n) is 3.45. The molecule has 0 amide bonds. The highest BCUT2D eigenvalue weighted by Crippen LogP contribution is 2.04. The number of rotatable bonds is 3. The quantitative estimate of drug-likeness (QED) is 0.588. The molecule has 0 aromatic heterocycles. The fourth-order valence-corrected chi connectivity index (χ4v) is 1.13. The summed E-state index contributed by atoms with van der Waals surface area (Å²) in [7, 11) is 1.87. The third-order valence-corrected chi connectivity index (χ3v) is 1.57. The number of aliphatic hydroxyl groups excluding tert-OH is 1. The number of likely N-dealkylation sites (N-methyl/N-ethyl adjacent to an activating group) is 1. The summed E-state index contributed by atoms with van der Waals surface area (Å²) in [6.45, 7) is 5.99. The van der Waals surface area contributed by atoms with Crippen molar-refractivity contribution in [3.05, 3.63) is 0 Å². The maximum atomic E-state index is 9.12. The Morgan fingerprint density at radius 1 is 1.22 bits per heavy atom. The Morgan fingerprint density at radius 2 is 1.67 bits per heavy atom. The summed E-state index contributed by atoms with van der Waals surface area (Å²) in [6.07, 6.45) is -0.255. The molecule has 0 aromatic carbocycles. The summed E-state index contributed by atoms with van der Waals surface area (Å²) in [5, 5.41) is 12.2. The second kappa shape index (κ2) is 3.85. The first kappa shape index (κ1) is 8.92. The molecule has 0 aromatic rings. The number of nitrogens with one attached hydrogen (secondary N) is 1. The molecule has 9 heavy (non-hydrogen) atoms. The van der Waals surface area contributed by atoms with Gasteiger partial charge in [0.15, 0.2) is 0 Å². The SMILES string of the molecule is CNC(C(C)C)C(C)O. The van der Waals surface area contributed by atoms with Gasteiger partial charge in [-0.3, -0.25) is 0 Å². The lowest BCUT2D eigenvalue weighted by atomic mass is 10.0. The third kappa shape index (κ3) is 2.82. The van der Waals surface area contributed by atoms with Gasteiger partial charge in [0.2, 0.25) is 0 Å². The van der Waals surface area contributed by atoms with Crippen LogP contribution in [0.4, 0.5) is 0 Å². The summed E-state index contributed by atoms with van der Waals surface area (Å²) >= 11 is 0. The highest BCUT2D eigenvalue weighted by molar-refractivity contribution is 4.73. The van der Waals surface area contributed by atoms with E-state index in [4.69, 9.17) is 5.11 Å². The summed E-state index contributed by atoms with van der Waals surface area (Å²) in [5.41, 5.74) is 0. The van der Waals surface area contributed by atoms with Crippen LogP contribution in [0.2, 0.25) is 0 Å². The molecule has 2 heteroatoms. The molecule has 0 saturated heterocycles. The average Bonchev–Trinajstić information content (AvgIpc) is 1.64. The van der Waals surface area contributed by atoms with Crippen molar-refractivity contribution >= 4 is 0 Å². The molecule has 0 rings (SSSR count). The van der Waals surface area contributed by atoms with E-state index in [0.717, 1.165) is 0 Å². The van der Waals surface area contributed by atoms with E-state index in [-0.39, 0.29) is 12.1 Å². The standard InChI is InChI=1S/C7H17NO/c1-5(2)7(8-4)6(3)9/h5-9H,1-4H3. The fraction of sp³-hybridized carbons (Fsp3) is 1.00. The largest absolute Gasteiger partial charge is 0.392 e. The van der Waals surface area contributed by atoms with E-state index in [1.54, 1.807) is 6.92 Å². The van der Waals surface area contributed by atoms with Crippen molar-refractivity contribution in [2.75, 3.05) is 7.05 Å². The Kier molecular flexibility index (Phi) is 3.82. The van der Waals surface area contributed by atoms with Crippen LogP contribution in [0.1, 0.15) is 20.8 Å². The van der Waals surface area contributed by atoms with E-state index in [0.29, 0.717) is 5.92 Å². The Hall–Kier alpha value is -0.0800. The molecule has 0 fully saturated rings. The van der Waals surface area contributed by atoms with Gasteiger partial charge in [0, 0.05) is 6.04 Å². The molecular weight excluding hydrogens is 114 g/mol. The van der Waals surface area contributed by atoms with Crippen LogP contribution in [0.25, 0.3) is 0 Å². The molecule has 0 aliphatic carbocycles. The lowest BCUT2D eigenvalue weighted by Gasteiger charge is -2.22. The molecular formula is C7H17NO. The summed E-state index contributed by atoms with van der Waals surface area (Å²) < 4.78 is 0. The van der Waals surface area contributed by atoms with E-state index in [9.17, 15) is 0 Å². The monoisotopic (exact) mass is 131 g/mol. The van der Waals surface area contributed by atoms with Crippen molar-refractivity contribution in [2.45, 2.75) is 32.9 Å². The van der Waals surface area contributed by atoms with Crippen LogP contribution < -0.4 is 5.32 Å². The van der Waals surface area contributed by atoms with Crippen molar-refractivity contribution in [1.82, 2.24) is 5.32 Å². The maximum Gasteiger partial charge on any atom is 0.0667 e. The summed E-state index contributed by atoms with van der Waals surface area (Å²) in [6, 6.07) is 0.227. The normalized spacial score (nSPS) is 18.0. The molecule has 2 nitrogen and oxygen atoms in total. The Morgan fingerprint density at radius 3 is 1.67 bits per heavy atom. The third-order valence-electron chi connectivity index (χ3n) is 1.57. The summed E-state index contributed by atoms with van der Waals surface area (Å²) in [5.74, 6) is 0.495. The van der Waals surface area contributed by atoms with Crippen molar-refractivity contribution in [1.29, 1.82) is 0 Å². The van der Waals surface area contributed by atoms with Crippen molar-refractivity contribution in [3.8, 4) is 0 Å². The van der Waals surface area contributed by atoms with Crippen LogP contribution in [-0.4, -0.2) is 24.3 Å². The van der Waals surface area contributed by atoms with E-state index in [1.165, 1.54) is 0 Å². The number of hydrogen-bond acceptors (Lipinski definition) is 2. The molecule has 0 aliphatic rings. The molecule has 0 spiro atoms. The van der Waals surface area contributed by atoms with Crippen molar-refractivity contribution < 1.29 is 5.11 Å². The zero-order valence-electron chi connectivity index (χ0n) is 6.68. The zero-order valence-corrected chi connectivity index (χ0v) is 6.68. The van der Waals surface area contributed by atoms with Gasteiger partial charge < -0.3 is 10.4 Å². The van der Waals surface area contributed by atoms with Crippen molar-refractivity contribution in [2.24, 2.45) is 5.92 Å². The lowest BCUT2D eigenvalue weighted by Crippen LogP contribution is -2.39. The van der Waals surface area contributed by atoms with Crippen LogP contribution in [0.3, 0.4) is 0 Å².